The van der Waals surface area contributed by atoms with Gasteiger partial charge in [-0.3, -0.25) is 0 Å². The molecule has 10 heteroatoms. The van der Waals surface area contributed by atoms with Crippen LogP contribution in [0.3, 0.4) is 0 Å². The molecule has 128 valence electrons. The van der Waals surface area contributed by atoms with Gasteiger partial charge in [0.15, 0.2) is 0 Å². The highest BCUT2D eigenvalue weighted by Crippen LogP contribution is 2.28. The minimum Gasteiger partial charge on any atom is -0.361 e. The molecule has 0 saturated heterocycles. The van der Waals surface area contributed by atoms with Gasteiger partial charge in [-0.25, -0.2) is 9.97 Å². The van der Waals surface area contributed by atoms with Crippen LogP contribution in [0.1, 0.15) is 41.3 Å². The molecule has 0 radical (unpaired) electrons. The highest BCUT2D eigenvalue weighted by molar-refractivity contribution is 7.11. The lowest BCUT2D eigenvalue weighted by molar-refractivity contribution is -0.144. The number of hydrogen-bond donors (Lipinski definition) is 1. The molecule has 0 bridgehead atoms. The zero-order valence-electron chi connectivity index (χ0n) is 13.2. The molecule has 0 amide bonds. The summed E-state index contributed by atoms with van der Waals surface area (Å²) in [5.74, 6) is -0.912. The van der Waals surface area contributed by atoms with E-state index in [1.165, 1.54) is 0 Å². The molecular formula is C14H15F3N6S. The predicted octanol–water partition coefficient (Wildman–Crippen LogP) is 3.64. The van der Waals surface area contributed by atoms with Crippen molar-refractivity contribution in [2.24, 2.45) is 0 Å². The number of nitrogens with zero attached hydrogens (tertiary/aromatic N) is 5. The van der Waals surface area contributed by atoms with Gasteiger partial charge in [-0.2, -0.15) is 22.7 Å². The summed E-state index contributed by atoms with van der Waals surface area (Å²) in [5, 5.41) is 7.53. The summed E-state index contributed by atoms with van der Waals surface area (Å²) in [6.07, 6.45) is -1.92. The van der Waals surface area contributed by atoms with Crippen LogP contribution in [0, 0.1) is 6.92 Å². The molecule has 0 saturated carbocycles. The average molecular weight is 356 g/mol. The number of anilines is 1. The maximum Gasteiger partial charge on any atom is 0.453 e. The quantitative estimate of drug-likeness (QED) is 0.773. The number of nitrogens with one attached hydrogen (secondary N) is 1. The van der Waals surface area contributed by atoms with E-state index in [4.69, 9.17) is 0 Å². The largest absolute Gasteiger partial charge is 0.453 e. The molecule has 3 aromatic rings. The second-order valence-corrected chi connectivity index (χ2v) is 6.46. The van der Waals surface area contributed by atoms with E-state index >= 15 is 0 Å². The van der Waals surface area contributed by atoms with Crippen LogP contribution in [0.4, 0.5) is 19.0 Å². The first kappa shape index (κ1) is 16.6. The maximum atomic E-state index is 12.8. The first-order valence-corrected chi connectivity index (χ1v) is 8.12. The molecule has 3 rings (SSSR count). The third kappa shape index (κ3) is 3.18. The smallest absolute Gasteiger partial charge is 0.361 e. The van der Waals surface area contributed by atoms with Gasteiger partial charge in [0.2, 0.25) is 0 Å². The van der Waals surface area contributed by atoms with Crippen LogP contribution >= 0.6 is 11.3 Å². The average Bonchev–Trinajstić information content (AvgIpc) is 3.12. The number of alkyl halides is 3. The molecule has 3 heterocycles. The molecule has 24 heavy (non-hydrogen) atoms. The minimum atomic E-state index is -4.62. The van der Waals surface area contributed by atoms with Crippen molar-refractivity contribution < 1.29 is 13.2 Å². The van der Waals surface area contributed by atoms with Crippen molar-refractivity contribution in [2.75, 3.05) is 5.32 Å². The Bertz CT molecular complexity index is 869. The molecule has 1 unspecified atom stereocenters. The zero-order valence-corrected chi connectivity index (χ0v) is 14.0. The van der Waals surface area contributed by atoms with Gasteiger partial charge in [0.05, 0.1) is 6.04 Å². The summed E-state index contributed by atoms with van der Waals surface area (Å²) in [5.41, 5.74) is 0.548. The van der Waals surface area contributed by atoms with Crippen LogP contribution in [-0.2, 0) is 12.6 Å². The first-order chi connectivity index (χ1) is 11.3. The van der Waals surface area contributed by atoms with E-state index in [9.17, 15) is 13.2 Å². The summed E-state index contributed by atoms with van der Waals surface area (Å²) in [6, 6.07) is 1.45. The molecule has 0 aromatic carbocycles. The summed E-state index contributed by atoms with van der Waals surface area (Å²) in [7, 11) is 0. The number of rotatable bonds is 4. The normalized spacial score (nSPS) is 13.4. The van der Waals surface area contributed by atoms with Crippen molar-refractivity contribution in [3.8, 4) is 0 Å². The van der Waals surface area contributed by atoms with E-state index in [1.54, 1.807) is 24.3 Å². The van der Waals surface area contributed by atoms with Crippen LogP contribution in [-0.4, -0.2) is 24.6 Å². The van der Waals surface area contributed by atoms with Crippen molar-refractivity contribution in [1.29, 1.82) is 0 Å². The summed E-state index contributed by atoms with van der Waals surface area (Å²) in [6.45, 7) is 5.62. The fraction of sp³-hybridized carbons (Fsp3) is 0.429. The van der Waals surface area contributed by atoms with Gasteiger partial charge in [0.1, 0.15) is 10.8 Å². The molecule has 6 nitrogen and oxygen atoms in total. The molecule has 1 N–H and O–H groups in total. The molecule has 0 aliphatic carbocycles. The van der Waals surface area contributed by atoms with Gasteiger partial charge >= 0.3 is 6.18 Å². The van der Waals surface area contributed by atoms with Gasteiger partial charge < -0.3 is 5.32 Å². The van der Waals surface area contributed by atoms with Crippen LogP contribution in [0.5, 0.6) is 0 Å². The van der Waals surface area contributed by atoms with E-state index in [-0.39, 0.29) is 11.8 Å². The second kappa shape index (κ2) is 6.00. The molecule has 3 aromatic heterocycles. The molecular weight excluding hydrogens is 341 g/mol. The SMILES string of the molecule is CCc1cnc(C(C)Nc2cc(C)nc3nc(C(F)(F)F)nn23)s1. The van der Waals surface area contributed by atoms with E-state index < -0.39 is 12.0 Å². The van der Waals surface area contributed by atoms with Gasteiger partial charge in [0.25, 0.3) is 11.6 Å². The van der Waals surface area contributed by atoms with Gasteiger partial charge in [-0.15, -0.1) is 16.4 Å². The molecule has 0 aliphatic heterocycles. The van der Waals surface area contributed by atoms with Crippen molar-refractivity contribution in [1.82, 2.24) is 24.6 Å². The number of halogens is 3. The predicted molar refractivity (Wildman–Crippen MR) is 84.1 cm³/mol. The Morgan fingerprint density at radius 1 is 1.33 bits per heavy atom. The van der Waals surface area contributed by atoms with Crippen LogP contribution in [0.25, 0.3) is 5.78 Å². The zero-order chi connectivity index (χ0) is 17.5. The molecule has 1 atom stereocenters. The monoisotopic (exact) mass is 356 g/mol. The van der Waals surface area contributed by atoms with E-state index in [2.05, 4.69) is 25.4 Å². The Balaban J connectivity index is 1.97. The van der Waals surface area contributed by atoms with Gasteiger partial charge in [0, 0.05) is 22.8 Å². The lowest BCUT2D eigenvalue weighted by atomic mass is 10.3. The molecule has 0 fully saturated rings. The topological polar surface area (TPSA) is 68.0 Å². The second-order valence-electron chi connectivity index (χ2n) is 5.31. The number of aromatic nitrogens is 5. The van der Waals surface area contributed by atoms with Crippen molar-refractivity contribution in [3.05, 3.63) is 33.7 Å². The van der Waals surface area contributed by atoms with Crippen molar-refractivity contribution in [3.63, 3.8) is 0 Å². The Hall–Kier alpha value is -2.23. The van der Waals surface area contributed by atoms with Crippen molar-refractivity contribution >= 4 is 22.9 Å². The molecule has 0 spiro atoms. The Morgan fingerprint density at radius 3 is 2.71 bits per heavy atom. The van der Waals surface area contributed by atoms with E-state index in [1.807, 2.05) is 20.0 Å². The summed E-state index contributed by atoms with van der Waals surface area (Å²) in [4.78, 5) is 13.0. The highest BCUT2D eigenvalue weighted by Gasteiger charge is 2.37. The summed E-state index contributed by atoms with van der Waals surface area (Å²) >= 11 is 1.56. The van der Waals surface area contributed by atoms with Crippen LogP contribution in [0.2, 0.25) is 0 Å². The standard InChI is InChI=1S/C14H15F3N6S/c1-4-9-6-18-11(24-9)8(3)20-10-5-7(2)19-13-21-12(14(15,16)17)22-23(10)13/h5-6,8,20H,4H2,1-3H3. The number of thiazole rings is 1. The van der Waals surface area contributed by atoms with Gasteiger partial charge in [-0.05, 0) is 20.3 Å². The lowest BCUT2D eigenvalue weighted by Gasteiger charge is -2.13. The Morgan fingerprint density at radius 2 is 2.08 bits per heavy atom. The third-order valence-corrected chi connectivity index (χ3v) is 4.67. The van der Waals surface area contributed by atoms with E-state index in [0.29, 0.717) is 11.5 Å². The minimum absolute atomic E-state index is 0.0922. The Labute approximate surface area is 139 Å². The maximum absolute atomic E-state index is 12.8. The van der Waals surface area contributed by atoms with Crippen LogP contribution < -0.4 is 5.32 Å². The van der Waals surface area contributed by atoms with E-state index in [0.717, 1.165) is 20.8 Å². The highest BCUT2D eigenvalue weighted by atomic mass is 32.1. The van der Waals surface area contributed by atoms with Crippen molar-refractivity contribution in [2.45, 2.75) is 39.4 Å². The fourth-order valence-electron chi connectivity index (χ4n) is 2.18. The summed E-state index contributed by atoms with van der Waals surface area (Å²) < 4.78 is 39.6. The van der Waals surface area contributed by atoms with Gasteiger partial charge in [-0.1, -0.05) is 6.92 Å². The number of fused-ring (bicyclic) bond motifs is 1. The first-order valence-electron chi connectivity index (χ1n) is 7.30. The number of aryl methyl sites for hydroxylation is 2. The Kier molecular flexibility index (Phi) is 4.16. The lowest BCUT2D eigenvalue weighted by Crippen LogP contribution is -2.12. The van der Waals surface area contributed by atoms with Crippen LogP contribution in [0.15, 0.2) is 12.3 Å². The third-order valence-electron chi connectivity index (χ3n) is 3.35. The number of hydrogen-bond acceptors (Lipinski definition) is 6. The fourth-order valence-corrected chi connectivity index (χ4v) is 3.04. The molecule has 0 aliphatic rings.